The third kappa shape index (κ3) is 5.50. The smallest absolute Gasteiger partial charge is 0.340 e. The average Bonchev–Trinajstić information content (AvgIpc) is 2.75. The third-order valence-electron chi connectivity index (χ3n) is 4.65. The number of carbonyl (C=O) groups is 2. The second-order valence-corrected chi connectivity index (χ2v) is 6.91. The molecule has 3 aromatic rings. The average molecular weight is 406 g/mol. The Morgan fingerprint density at radius 1 is 1.03 bits per heavy atom. The van der Waals surface area contributed by atoms with Gasteiger partial charge in [-0.05, 0) is 50.1 Å². The Morgan fingerprint density at radius 3 is 2.40 bits per heavy atom. The quantitative estimate of drug-likeness (QED) is 0.600. The van der Waals surface area contributed by atoms with E-state index in [1.807, 2.05) is 30.3 Å². The van der Waals surface area contributed by atoms with Gasteiger partial charge in [0.1, 0.15) is 5.82 Å². The van der Waals surface area contributed by atoms with Crippen LogP contribution >= 0.6 is 0 Å². The van der Waals surface area contributed by atoms with Crippen molar-refractivity contribution in [2.45, 2.75) is 26.4 Å². The van der Waals surface area contributed by atoms with Crippen LogP contribution in [0.3, 0.4) is 0 Å². The molecule has 1 amide bonds. The number of esters is 1. The Hall–Kier alpha value is -3.54. The van der Waals surface area contributed by atoms with Crippen LogP contribution in [-0.2, 0) is 16.0 Å². The first-order valence-electron chi connectivity index (χ1n) is 9.70. The Morgan fingerprint density at radius 2 is 1.73 bits per heavy atom. The fraction of sp³-hybridized carbons (Fsp3) is 0.208. The van der Waals surface area contributed by atoms with Gasteiger partial charge in [0.05, 0.1) is 17.0 Å². The Labute approximate surface area is 174 Å². The highest BCUT2D eigenvalue weighted by molar-refractivity contribution is 5.93. The molecule has 0 bridgehead atoms. The van der Waals surface area contributed by atoms with Gasteiger partial charge < -0.3 is 10.1 Å². The van der Waals surface area contributed by atoms with E-state index in [0.717, 1.165) is 16.8 Å². The number of aryl methyl sites for hydroxylation is 1. The van der Waals surface area contributed by atoms with Crippen LogP contribution in [0.2, 0.25) is 0 Å². The van der Waals surface area contributed by atoms with Crippen LogP contribution in [0.25, 0.3) is 11.3 Å². The summed E-state index contributed by atoms with van der Waals surface area (Å²) in [6.07, 6.45) is -0.393. The molecule has 0 fully saturated rings. The van der Waals surface area contributed by atoms with E-state index < -0.39 is 18.0 Å². The molecule has 2 aromatic carbocycles. The topological polar surface area (TPSA) is 68.3 Å². The van der Waals surface area contributed by atoms with Crippen LogP contribution < -0.4 is 5.32 Å². The number of carbonyl (C=O) groups excluding carboxylic acids is 2. The molecule has 1 N–H and O–H groups in total. The lowest BCUT2D eigenvalue weighted by Crippen LogP contribution is -2.37. The van der Waals surface area contributed by atoms with Gasteiger partial charge in [0, 0.05) is 12.1 Å². The molecule has 30 heavy (non-hydrogen) atoms. The Bertz CT molecular complexity index is 1020. The van der Waals surface area contributed by atoms with Crippen molar-refractivity contribution in [1.29, 1.82) is 0 Å². The molecule has 0 aliphatic rings. The molecule has 0 aliphatic heterocycles. The number of hydrogen-bond acceptors (Lipinski definition) is 4. The summed E-state index contributed by atoms with van der Waals surface area (Å²) in [6, 6.07) is 19.2. The Balaban J connectivity index is 1.54. The number of amides is 1. The number of halogens is 1. The van der Waals surface area contributed by atoms with Crippen molar-refractivity contribution in [3.8, 4) is 11.3 Å². The van der Waals surface area contributed by atoms with E-state index in [1.54, 1.807) is 31.2 Å². The molecule has 0 aliphatic carbocycles. The third-order valence-corrected chi connectivity index (χ3v) is 4.65. The lowest BCUT2D eigenvalue weighted by molar-refractivity contribution is -0.129. The van der Waals surface area contributed by atoms with Crippen LogP contribution in [0.1, 0.15) is 28.5 Å². The van der Waals surface area contributed by atoms with E-state index >= 15 is 0 Å². The van der Waals surface area contributed by atoms with Gasteiger partial charge in [-0.1, -0.05) is 42.5 Å². The monoisotopic (exact) mass is 406 g/mol. The number of aromatic nitrogens is 1. The second kappa shape index (κ2) is 9.78. The van der Waals surface area contributed by atoms with E-state index in [9.17, 15) is 14.0 Å². The van der Waals surface area contributed by atoms with E-state index in [2.05, 4.69) is 10.3 Å². The largest absolute Gasteiger partial charge is 0.449 e. The summed E-state index contributed by atoms with van der Waals surface area (Å²) in [5, 5.41) is 2.72. The maximum Gasteiger partial charge on any atom is 0.340 e. The van der Waals surface area contributed by atoms with Crippen molar-refractivity contribution >= 4 is 11.9 Å². The molecular formula is C24H23FN2O3. The predicted molar refractivity (Wildman–Crippen MR) is 112 cm³/mol. The SMILES string of the molecule is Cc1nc(-c2ccccc2)ccc1C(=O)OC(C)C(=O)NCCc1ccc(F)cc1. The van der Waals surface area contributed by atoms with Crippen molar-refractivity contribution in [1.82, 2.24) is 10.3 Å². The molecule has 0 spiro atoms. The van der Waals surface area contributed by atoms with Crippen LogP contribution in [0.15, 0.2) is 66.7 Å². The number of ether oxygens (including phenoxy) is 1. The van der Waals surface area contributed by atoms with Crippen molar-refractivity contribution < 1.29 is 18.7 Å². The van der Waals surface area contributed by atoms with Gasteiger partial charge in [-0.3, -0.25) is 9.78 Å². The summed E-state index contributed by atoms with van der Waals surface area (Å²) in [4.78, 5) is 29.2. The highest BCUT2D eigenvalue weighted by atomic mass is 19.1. The minimum absolute atomic E-state index is 0.301. The number of nitrogens with zero attached hydrogens (tertiary/aromatic N) is 1. The number of rotatable bonds is 7. The van der Waals surface area contributed by atoms with Crippen molar-refractivity contribution in [3.63, 3.8) is 0 Å². The molecular weight excluding hydrogens is 383 g/mol. The summed E-state index contributed by atoms with van der Waals surface area (Å²) >= 11 is 0. The molecule has 154 valence electrons. The first-order valence-corrected chi connectivity index (χ1v) is 9.70. The molecule has 0 radical (unpaired) electrons. The van der Waals surface area contributed by atoms with Gasteiger partial charge in [0.2, 0.25) is 0 Å². The molecule has 6 heteroatoms. The minimum Gasteiger partial charge on any atom is -0.449 e. The van der Waals surface area contributed by atoms with Crippen molar-refractivity contribution in [2.75, 3.05) is 6.54 Å². The summed E-state index contributed by atoms with van der Waals surface area (Å²) in [6.45, 7) is 3.61. The van der Waals surface area contributed by atoms with E-state index in [4.69, 9.17) is 4.74 Å². The van der Waals surface area contributed by atoms with Crippen LogP contribution in [-0.4, -0.2) is 29.5 Å². The van der Waals surface area contributed by atoms with Gasteiger partial charge in [0.25, 0.3) is 5.91 Å². The maximum absolute atomic E-state index is 12.9. The molecule has 1 unspecified atom stereocenters. The van der Waals surface area contributed by atoms with E-state index in [-0.39, 0.29) is 5.82 Å². The summed E-state index contributed by atoms with van der Waals surface area (Å²) in [7, 11) is 0. The maximum atomic E-state index is 12.9. The Kier molecular flexibility index (Phi) is 6.91. The highest BCUT2D eigenvalue weighted by Gasteiger charge is 2.20. The normalized spacial score (nSPS) is 11.6. The number of benzene rings is 2. The number of hydrogen-bond donors (Lipinski definition) is 1. The zero-order valence-electron chi connectivity index (χ0n) is 16.9. The van der Waals surface area contributed by atoms with E-state index in [0.29, 0.717) is 24.2 Å². The van der Waals surface area contributed by atoms with Crippen LogP contribution in [0.4, 0.5) is 4.39 Å². The first kappa shape index (κ1) is 21.2. The van der Waals surface area contributed by atoms with Gasteiger partial charge in [-0.25, -0.2) is 9.18 Å². The molecule has 5 nitrogen and oxygen atoms in total. The standard InChI is InChI=1S/C24H23FN2O3/c1-16-21(12-13-22(27-16)19-6-4-3-5-7-19)24(29)30-17(2)23(28)26-15-14-18-8-10-20(25)11-9-18/h3-13,17H,14-15H2,1-2H3,(H,26,28). The molecule has 1 atom stereocenters. The zero-order chi connectivity index (χ0) is 21.5. The summed E-state index contributed by atoms with van der Waals surface area (Å²) < 4.78 is 18.2. The zero-order valence-corrected chi connectivity index (χ0v) is 16.9. The molecule has 1 heterocycles. The molecule has 1 aromatic heterocycles. The molecule has 0 saturated carbocycles. The molecule has 0 saturated heterocycles. The number of pyridine rings is 1. The second-order valence-electron chi connectivity index (χ2n) is 6.91. The van der Waals surface area contributed by atoms with Crippen molar-refractivity contribution in [2.24, 2.45) is 0 Å². The van der Waals surface area contributed by atoms with Gasteiger partial charge in [0.15, 0.2) is 6.10 Å². The lowest BCUT2D eigenvalue weighted by Gasteiger charge is -2.14. The van der Waals surface area contributed by atoms with Gasteiger partial charge in [-0.15, -0.1) is 0 Å². The van der Waals surface area contributed by atoms with Crippen LogP contribution in [0.5, 0.6) is 0 Å². The first-order chi connectivity index (χ1) is 14.4. The number of nitrogens with one attached hydrogen (secondary N) is 1. The summed E-state index contributed by atoms with van der Waals surface area (Å²) in [5.74, 6) is -1.29. The fourth-order valence-electron chi connectivity index (χ4n) is 2.95. The lowest BCUT2D eigenvalue weighted by atomic mass is 10.1. The fourth-order valence-corrected chi connectivity index (χ4v) is 2.95. The van der Waals surface area contributed by atoms with Crippen LogP contribution in [0, 0.1) is 12.7 Å². The highest BCUT2D eigenvalue weighted by Crippen LogP contribution is 2.19. The summed E-state index contributed by atoms with van der Waals surface area (Å²) in [5.41, 5.74) is 3.47. The van der Waals surface area contributed by atoms with Crippen molar-refractivity contribution in [3.05, 3.63) is 89.4 Å². The van der Waals surface area contributed by atoms with Gasteiger partial charge in [-0.2, -0.15) is 0 Å². The predicted octanol–water partition coefficient (Wildman–Crippen LogP) is 4.10. The molecule has 3 rings (SSSR count). The van der Waals surface area contributed by atoms with Gasteiger partial charge >= 0.3 is 5.97 Å². The van der Waals surface area contributed by atoms with E-state index in [1.165, 1.54) is 19.1 Å². The minimum atomic E-state index is -0.945.